The average molecular weight is 416 g/mol. The molecular formula is C8H12N6O10S2. The van der Waals surface area contributed by atoms with E-state index in [0.29, 0.717) is 0 Å². The molecule has 0 saturated heterocycles. The van der Waals surface area contributed by atoms with E-state index in [1.807, 2.05) is 0 Å². The second-order valence-electron chi connectivity index (χ2n) is 3.62. The van der Waals surface area contributed by atoms with Crippen molar-refractivity contribution in [3.8, 4) is 0 Å². The van der Waals surface area contributed by atoms with Crippen LogP contribution in [-0.4, -0.2) is 54.9 Å². The molecule has 0 aliphatic carbocycles. The topological polar surface area (TPSA) is 252 Å². The fraction of sp³-hybridized carbons (Fsp3) is 0.250. The van der Waals surface area contributed by atoms with Crippen molar-refractivity contribution in [1.82, 2.24) is 8.61 Å². The van der Waals surface area contributed by atoms with Gasteiger partial charge in [0, 0.05) is 12.8 Å². The van der Waals surface area contributed by atoms with Gasteiger partial charge in [-0.1, -0.05) is 8.67 Å². The first kappa shape index (κ1) is 23.0. The van der Waals surface area contributed by atoms with Crippen molar-refractivity contribution in [3.05, 3.63) is 0 Å². The van der Waals surface area contributed by atoms with Crippen molar-refractivity contribution in [3.63, 3.8) is 0 Å². The summed E-state index contributed by atoms with van der Waals surface area (Å²) in [6.07, 6.45) is -5.05. The van der Waals surface area contributed by atoms with Gasteiger partial charge in [0.1, 0.15) is 0 Å². The number of nitrogens with zero attached hydrogens (tertiary/aromatic N) is 2. The van der Waals surface area contributed by atoms with E-state index in [1.54, 1.807) is 0 Å². The Morgan fingerprint density at radius 1 is 0.808 bits per heavy atom. The predicted octanol–water partition coefficient (Wildman–Crippen LogP) is -0.410. The molecule has 0 unspecified atom stereocenters. The number of carbonyl (C=O) groups is 4. The molecule has 0 aliphatic heterocycles. The third-order valence-electron chi connectivity index (χ3n) is 1.81. The van der Waals surface area contributed by atoms with Gasteiger partial charge in [-0.3, -0.25) is 19.4 Å². The minimum absolute atomic E-state index is 0.0177. The third-order valence-corrected chi connectivity index (χ3v) is 3.09. The van der Waals surface area contributed by atoms with Crippen LogP contribution in [0.5, 0.6) is 0 Å². The molecule has 18 heteroatoms. The molecule has 0 fully saturated rings. The van der Waals surface area contributed by atoms with Crippen molar-refractivity contribution in [2.24, 2.45) is 11.5 Å². The van der Waals surface area contributed by atoms with Gasteiger partial charge >= 0.3 is 24.2 Å². The minimum atomic E-state index is -1.79. The van der Waals surface area contributed by atoms with Crippen LogP contribution in [0, 0.1) is 10.8 Å². The van der Waals surface area contributed by atoms with Crippen molar-refractivity contribution < 1.29 is 47.8 Å². The monoisotopic (exact) mass is 416 g/mol. The van der Waals surface area contributed by atoms with E-state index in [2.05, 4.69) is 18.4 Å². The molecule has 0 aromatic rings. The molecule has 0 spiro atoms. The zero-order valence-corrected chi connectivity index (χ0v) is 14.1. The lowest BCUT2D eigenvalue weighted by atomic mass is 10.3. The standard InChI is InChI=1S/C8H12N6O10S2/c9-5(10)21-23-25-13(7(17)18)3(15)1-2-4(16)14(8(19)20)26-24-22-6(11)12/h1-2H2,(H3,9,10)(H3,11,12)(H,17,18)(H,19,20). The van der Waals surface area contributed by atoms with Crippen LogP contribution in [0.4, 0.5) is 9.59 Å². The summed E-state index contributed by atoms with van der Waals surface area (Å²) in [4.78, 5) is 53.3. The first-order valence-corrected chi connectivity index (χ1v) is 7.28. The molecule has 0 aromatic carbocycles. The highest BCUT2D eigenvalue weighted by Gasteiger charge is 2.28. The molecule has 0 aliphatic rings. The Balaban J connectivity index is 4.62. The van der Waals surface area contributed by atoms with E-state index >= 15 is 0 Å². The van der Waals surface area contributed by atoms with E-state index in [1.165, 1.54) is 0 Å². The molecule has 146 valence electrons. The normalized spacial score (nSPS) is 9.69. The van der Waals surface area contributed by atoms with Crippen LogP contribution < -0.4 is 11.5 Å². The predicted molar refractivity (Wildman–Crippen MR) is 82.3 cm³/mol. The SMILES string of the molecule is N=C(N)OOSN(C(=O)O)C(=O)CCC(=O)N(SOOC(=N)N)C(=O)O. The maximum Gasteiger partial charge on any atom is 0.426 e. The number of amides is 4. The van der Waals surface area contributed by atoms with Crippen LogP contribution in [0.2, 0.25) is 0 Å². The zero-order valence-electron chi connectivity index (χ0n) is 12.4. The van der Waals surface area contributed by atoms with Crippen molar-refractivity contribution in [2.45, 2.75) is 12.8 Å². The number of imide groups is 2. The molecule has 26 heavy (non-hydrogen) atoms. The summed E-state index contributed by atoms with van der Waals surface area (Å²) < 4.78 is 8.31. The van der Waals surface area contributed by atoms with Gasteiger partial charge in [0.05, 0.1) is 0 Å². The van der Waals surface area contributed by atoms with Gasteiger partial charge < -0.3 is 21.7 Å². The first-order valence-electron chi connectivity index (χ1n) is 5.88. The fourth-order valence-electron chi connectivity index (χ4n) is 0.942. The van der Waals surface area contributed by atoms with Crippen LogP contribution in [0.15, 0.2) is 0 Å². The first-order chi connectivity index (χ1) is 12.1. The van der Waals surface area contributed by atoms with Crippen molar-refractivity contribution in [1.29, 1.82) is 10.8 Å². The van der Waals surface area contributed by atoms with Crippen LogP contribution in [0.3, 0.4) is 0 Å². The summed E-state index contributed by atoms with van der Waals surface area (Å²) in [7, 11) is 0. The van der Waals surface area contributed by atoms with E-state index < -0.39 is 48.9 Å². The molecule has 0 bridgehead atoms. The molecule has 16 nitrogen and oxygen atoms in total. The molecule has 8 N–H and O–H groups in total. The maximum absolute atomic E-state index is 11.7. The molecule has 4 amide bonds. The lowest BCUT2D eigenvalue weighted by Gasteiger charge is -2.15. The molecule has 0 saturated carbocycles. The van der Waals surface area contributed by atoms with Crippen molar-refractivity contribution >= 4 is 60.5 Å². The van der Waals surface area contributed by atoms with E-state index in [0.717, 1.165) is 0 Å². The number of nitrogens with one attached hydrogen (secondary N) is 2. The fourth-order valence-corrected chi connectivity index (χ4v) is 1.75. The summed E-state index contributed by atoms with van der Waals surface area (Å²) in [6, 6.07) is -1.82. The Bertz CT molecular complexity index is 538. The second kappa shape index (κ2) is 11.6. The lowest BCUT2D eigenvalue weighted by molar-refractivity contribution is -0.133. The molecular weight excluding hydrogens is 404 g/mol. The molecule has 0 radical (unpaired) electrons. The second-order valence-corrected chi connectivity index (χ2v) is 4.92. The van der Waals surface area contributed by atoms with Crippen LogP contribution in [0.25, 0.3) is 0 Å². The van der Waals surface area contributed by atoms with Gasteiger partial charge in [0.2, 0.25) is 11.8 Å². The summed E-state index contributed by atoms with van der Waals surface area (Å²) in [6.45, 7) is 0. The Morgan fingerprint density at radius 2 is 1.12 bits per heavy atom. The van der Waals surface area contributed by atoms with Gasteiger partial charge in [0.15, 0.2) is 24.5 Å². The molecule has 0 heterocycles. The highest BCUT2D eigenvalue weighted by molar-refractivity contribution is 7.93. The molecule has 0 aromatic heterocycles. The van der Waals surface area contributed by atoms with Gasteiger partial charge in [0.25, 0.3) is 0 Å². The Labute approximate surface area is 152 Å². The highest BCUT2D eigenvalue weighted by Crippen LogP contribution is 2.18. The number of carboxylic acid groups (broad SMARTS) is 2. The van der Waals surface area contributed by atoms with Gasteiger partial charge in [-0.15, -0.1) is 0 Å². The van der Waals surface area contributed by atoms with Gasteiger partial charge in [-0.05, 0) is 0 Å². The molecule has 0 rings (SSSR count). The van der Waals surface area contributed by atoms with E-state index in [-0.39, 0.29) is 33.1 Å². The van der Waals surface area contributed by atoms with Gasteiger partial charge in [-0.25, -0.2) is 20.4 Å². The quantitative estimate of drug-likeness (QED) is 0.0697. The summed E-state index contributed by atoms with van der Waals surface area (Å²) >= 11 is -0.276. The minimum Gasteiger partial charge on any atom is -0.464 e. The van der Waals surface area contributed by atoms with Crippen LogP contribution in [-0.2, 0) is 28.0 Å². The number of nitrogens with two attached hydrogens (primary N) is 2. The Hall–Kier alpha value is -2.96. The maximum atomic E-state index is 11.7. The smallest absolute Gasteiger partial charge is 0.426 e. The average Bonchev–Trinajstić information content (AvgIpc) is 2.51. The summed E-state index contributed by atoms with van der Waals surface area (Å²) in [5.41, 5.74) is 9.54. The molecule has 0 atom stereocenters. The lowest BCUT2D eigenvalue weighted by Crippen LogP contribution is -2.33. The van der Waals surface area contributed by atoms with Gasteiger partial charge in [-0.2, -0.15) is 8.61 Å². The Kier molecular flexibility index (Phi) is 10.3. The number of hydrogen-bond acceptors (Lipinski definition) is 12. The largest absolute Gasteiger partial charge is 0.464 e. The highest BCUT2D eigenvalue weighted by atomic mass is 32.2. The van der Waals surface area contributed by atoms with E-state index in [9.17, 15) is 19.2 Å². The zero-order chi connectivity index (χ0) is 20.3. The number of hydrogen-bond donors (Lipinski definition) is 6. The summed E-state index contributed by atoms with van der Waals surface area (Å²) in [5, 5.41) is 31.0. The third kappa shape index (κ3) is 9.36. The van der Waals surface area contributed by atoms with Crippen LogP contribution >= 0.6 is 24.5 Å². The number of amidine groups is 2. The van der Waals surface area contributed by atoms with Crippen molar-refractivity contribution in [2.75, 3.05) is 0 Å². The number of rotatable bonds is 9. The Morgan fingerprint density at radius 3 is 1.35 bits per heavy atom. The summed E-state index contributed by atoms with van der Waals surface area (Å²) in [5.74, 6) is -2.33. The van der Waals surface area contributed by atoms with Crippen LogP contribution in [0.1, 0.15) is 12.8 Å². The number of carbonyl (C=O) groups excluding carboxylic acids is 2. The van der Waals surface area contributed by atoms with E-state index in [4.69, 9.17) is 32.5 Å².